The van der Waals surface area contributed by atoms with Crippen molar-refractivity contribution in [2.45, 2.75) is 24.5 Å². The highest BCUT2D eigenvalue weighted by molar-refractivity contribution is 7.92. The van der Waals surface area contributed by atoms with E-state index >= 15 is 0 Å². The van der Waals surface area contributed by atoms with Crippen LogP contribution in [0.5, 0.6) is 0 Å². The minimum Gasteiger partial charge on any atom is -0.384 e. The van der Waals surface area contributed by atoms with E-state index in [9.17, 15) is 8.42 Å². The molecule has 1 rings (SSSR count). The first-order valence-electron chi connectivity index (χ1n) is 5.26. The Morgan fingerprint density at radius 2 is 2.13 bits per heavy atom. The van der Waals surface area contributed by atoms with Crippen molar-refractivity contribution in [3.05, 3.63) is 0 Å². The van der Waals surface area contributed by atoms with Crippen molar-refractivity contribution in [1.82, 2.24) is 0 Å². The molecule has 0 aliphatic heterocycles. The van der Waals surface area contributed by atoms with E-state index in [0.29, 0.717) is 18.9 Å². The molecule has 0 amide bonds. The zero-order chi connectivity index (χ0) is 11.7. The van der Waals surface area contributed by atoms with Crippen molar-refractivity contribution in [3.63, 3.8) is 0 Å². The van der Waals surface area contributed by atoms with Crippen LogP contribution in [0.15, 0.2) is 0 Å². The number of nitrogens with two attached hydrogens (primary N) is 1. The molecule has 0 aromatic carbocycles. The van der Waals surface area contributed by atoms with Crippen molar-refractivity contribution in [3.8, 4) is 0 Å². The average molecular weight is 235 g/mol. The first kappa shape index (κ1) is 12.9. The van der Waals surface area contributed by atoms with Gasteiger partial charge < -0.3 is 10.5 Å². The summed E-state index contributed by atoms with van der Waals surface area (Å²) in [5.41, 5.74) is 5.68. The van der Waals surface area contributed by atoms with Gasteiger partial charge in [-0.25, -0.2) is 8.42 Å². The van der Waals surface area contributed by atoms with Crippen molar-refractivity contribution in [1.29, 1.82) is 0 Å². The van der Waals surface area contributed by atoms with Crippen LogP contribution < -0.4 is 5.73 Å². The molecule has 0 bridgehead atoms. The lowest BCUT2D eigenvalue weighted by molar-refractivity contribution is 0.152. The maximum absolute atomic E-state index is 11.8. The highest BCUT2D eigenvalue weighted by Crippen LogP contribution is 2.44. The number of ether oxygens (including phenoxy) is 1. The fourth-order valence-electron chi connectivity index (χ4n) is 2.80. The second-order valence-electron chi connectivity index (χ2n) is 4.70. The average Bonchev–Trinajstić information content (AvgIpc) is 2.43. The van der Waals surface area contributed by atoms with E-state index in [4.69, 9.17) is 10.5 Å². The van der Waals surface area contributed by atoms with E-state index in [2.05, 4.69) is 0 Å². The molecular weight excluding hydrogens is 214 g/mol. The zero-order valence-electron chi connectivity index (χ0n) is 9.69. The van der Waals surface area contributed by atoms with Crippen molar-refractivity contribution in [2.24, 2.45) is 17.6 Å². The third kappa shape index (κ3) is 2.19. The number of hydrogen-bond acceptors (Lipinski definition) is 4. The molecule has 0 aromatic rings. The summed E-state index contributed by atoms with van der Waals surface area (Å²) in [6.07, 6.45) is 2.82. The number of methoxy groups -OCH3 is 1. The molecule has 0 saturated heterocycles. The minimum absolute atomic E-state index is 0.123. The van der Waals surface area contributed by atoms with Gasteiger partial charge in [0.05, 0.1) is 4.75 Å². The molecule has 0 heterocycles. The normalized spacial score (nSPS) is 37.1. The molecule has 3 atom stereocenters. The summed E-state index contributed by atoms with van der Waals surface area (Å²) in [6.45, 7) is 2.82. The predicted octanol–water partition coefficient (Wildman–Crippen LogP) is 0.421. The first-order valence-corrected chi connectivity index (χ1v) is 7.15. The van der Waals surface area contributed by atoms with E-state index in [-0.39, 0.29) is 12.5 Å². The van der Waals surface area contributed by atoms with Crippen LogP contribution in [0, 0.1) is 11.8 Å². The molecule has 1 aliphatic rings. The highest BCUT2D eigenvalue weighted by atomic mass is 32.2. The lowest BCUT2D eigenvalue weighted by atomic mass is 9.97. The Labute approximate surface area is 92.1 Å². The second-order valence-corrected chi connectivity index (χ2v) is 7.06. The third-order valence-electron chi connectivity index (χ3n) is 3.71. The van der Waals surface area contributed by atoms with E-state index < -0.39 is 14.6 Å². The van der Waals surface area contributed by atoms with Crippen LogP contribution >= 0.6 is 0 Å². The summed E-state index contributed by atoms with van der Waals surface area (Å²) in [5, 5.41) is 0. The Balaban J connectivity index is 2.93. The van der Waals surface area contributed by atoms with Gasteiger partial charge in [0.1, 0.15) is 0 Å². The SMILES string of the molecule is COCC1CC(C)C(CN)(S(C)(=O)=O)C1. The third-order valence-corrected chi connectivity index (χ3v) is 5.92. The summed E-state index contributed by atoms with van der Waals surface area (Å²) in [4.78, 5) is 0. The van der Waals surface area contributed by atoms with Gasteiger partial charge in [0, 0.05) is 26.5 Å². The number of sulfone groups is 1. The molecule has 1 saturated carbocycles. The van der Waals surface area contributed by atoms with E-state index in [1.807, 2.05) is 6.92 Å². The standard InChI is InChI=1S/C10H21NO3S/c1-8-4-9(6-14-2)5-10(8,7-11)15(3,12)13/h8-9H,4-7,11H2,1-3H3. The van der Waals surface area contributed by atoms with Gasteiger partial charge in [-0.2, -0.15) is 0 Å². The summed E-state index contributed by atoms with van der Waals surface area (Å²) in [5.74, 6) is 0.445. The fraction of sp³-hybridized carbons (Fsp3) is 1.00. The highest BCUT2D eigenvalue weighted by Gasteiger charge is 2.51. The van der Waals surface area contributed by atoms with Crippen molar-refractivity contribution >= 4 is 9.84 Å². The Bertz CT molecular complexity index is 315. The van der Waals surface area contributed by atoms with E-state index in [1.54, 1.807) is 7.11 Å². The molecule has 1 fully saturated rings. The maximum Gasteiger partial charge on any atom is 0.154 e. The largest absolute Gasteiger partial charge is 0.384 e. The van der Waals surface area contributed by atoms with Crippen molar-refractivity contribution < 1.29 is 13.2 Å². The van der Waals surface area contributed by atoms with Crippen LogP contribution in [0.1, 0.15) is 19.8 Å². The number of hydrogen-bond donors (Lipinski definition) is 1. The molecule has 1 aliphatic carbocycles. The van der Waals surface area contributed by atoms with Gasteiger partial charge in [0.25, 0.3) is 0 Å². The summed E-state index contributed by atoms with van der Waals surface area (Å²) in [6, 6.07) is 0. The quantitative estimate of drug-likeness (QED) is 0.767. The molecule has 0 spiro atoms. The molecule has 0 radical (unpaired) electrons. The Hall–Kier alpha value is -0.130. The van der Waals surface area contributed by atoms with E-state index in [1.165, 1.54) is 6.26 Å². The van der Waals surface area contributed by atoms with Crippen molar-refractivity contribution in [2.75, 3.05) is 26.5 Å². The second kappa shape index (κ2) is 4.39. The molecule has 2 N–H and O–H groups in total. The van der Waals surface area contributed by atoms with Gasteiger partial charge in [-0.1, -0.05) is 6.92 Å². The Kier molecular flexibility index (Phi) is 3.79. The van der Waals surface area contributed by atoms with Gasteiger partial charge in [-0.15, -0.1) is 0 Å². The van der Waals surface area contributed by atoms with Gasteiger partial charge >= 0.3 is 0 Å². The maximum atomic E-state index is 11.8. The topological polar surface area (TPSA) is 69.4 Å². The van der Waals surface area contributed by atoms with Gasteiger partial charge in [0.15, 0.2) is 9.84 Å². The smallest absolute Gasteiger partial charge is 0.154 e. The van der Waals surface area contributed by atoms with Crippen LogP contribution in [0.25, 0.3) is 0 Å². The summed E-state index contributed by atoms with van der Waals surface area (Å²) < 4.78 is 28.0. The lowest BCUT2D eigenvalue weighted by Gasteiger charge is -2.30. The fourth-order valence-corrected chi connectivity index (χ4v) is 4.47. The van der Waals surface area contributed by atoms with Crippen LogP contribution in [-0.2, 0) is 14.6 Å². The van der Waals surface area contributed by atoms with Crippen LogP contribution in [-0.4, -0.2) is 39.7 Å². The Morgan fingerprint density at radius 1 is 1.53 bits per heavy atom. The van der Waals surface area contributed by atoms with Gasteiger partial charge in [0.2, 0.25) is 0 Å². The molecule has 0 aromatic heterocycles. The predicted molar refractivity (Wildman–Crippen MR) is 60.4 cm³/mol. The molecule has 3 unspecified atom stereocenters. The number of rotatable bonds is 4. The molecular formula is C10H21NO3S. The van der Waals surface area contributed by atoms with Crippen LogP contribution in [0.2, 0.25) is 0 Å². The van der Waals surface area contributed by atoms with Crippen LogP contribution in [0.4, 0.5) is 0 Å². The lowest BCUT2D eigenvalue weighted by Crippen LogP contribution is -2.47. The summed E-state index contributed by atoms with van der Waals surface area (Å²) in [7, 11) is -1.45. The molecule has 15 heavy (non-hydrogen) atoms. The first-order chi connectivity index (χ1) is 6.87. The molecule has 4 nitrogen and oxygen atoms in total. The van der Waals surface area contributed by atoms with Crippen LogP contribution in [0.3, 0.4) is 0 Å². The van der Waals surface area contributed by atoms with Gasteiger partial charge in [-0.05, 0) is 24.7 Å². The van der Waals surface area contributed by atoms with E-state index in [0.717, 1.165) is 6.42 Å². The molecule has 5 heteroatoms. The molecule has 90 valence electrons. The van der Waals surface area contributed by atoms with Gasteiger partial charge in [-0.3, -0.25) is 0 Å². The summed E-state index contributed by atoms with van der Waals surface area (Å²) >= 11 is 0. The minimum atomic E-state index is -3.10. The zero-order valence-corrected chi connectivity index (χ0v) is 10.5. The Morgan fingerprint density at radius 3 is 2.47 bits per heavy atom. The monoisotopic (exact) mass is 235 g/mol.